The molecule has 8 nitrogen and oxygen atoms in total. The van der Waals surface area contributed by atoms with Crippen LogP contribution < -0.4 is 14.0 Å². The third-order valence-electron chi connectivity index (χ3n) is 3.62. The Hall–Kier alpha value is -1.39. The monoisotopic (exact) mass is 349 g/mol. The average molecular weight is 349 g/mol. The molecule has 0 N–H and O–H groups in total. The van der Waals surface area contributed by atoms with Crippen molar-refractivity contribution in [2.24, 2.45) is 0 Å². The van der Waals surface area contributed by atoms with Crippen molar-refractivity contribution in [2.75, 3.05) is 54.7 Å². The zero-order chi connectivity index (χ0) is 17.5. The highest BCUT2D eigenvalue weighted by molar-refractivity contribution is 7.80. The van der Waals surface area contributed by atoms with E-state index >= 15 is 0 Å². The quantitative estimate of drug-likeness (QED) is 0.450. The van der Waals surface area contributed by atoms with Crippen LogP contribution in [0.3, 0.4) is 0 Å². The van der Waals surface area contributed by atoms with Gasteiger partial charge in [-0.2, -0.15) is 0 Å². The second kappa shape index (κ2) is 8.46. The molecule has 0 radical (unpaired) electrons. The van der Waals surface area contributed by atoms with Gasteiger partial charge in [-0.05, 0) is 0 Å². The molecular weight excluding hydrogens is 326 g/mol. The molecule has 1 heterocycles. The van der Waals surface area contributed by atoms with Crippen molar-refractivity contribution in [3.63, 3.8) is 0 Å². The normalized spacial score (nSPS) is 16.9. The van der Waals surface area contributed by atoms with Crippen molar-refractivity contribution in [1.29, 1.82) is 0 Å². The van der Waals surface area contributed by atoms with Crippen molar-refractivity contribution < 1.29 is 31.4 Å². The van der Waals surface area contributed by atoms with Gasteiger partial charge in [-0.15, -0.1) is 0 Å². The minimum Gasteiger partial charge on any atom is -0.726 e. The molecule has 0 saturated carbocycles. The zero-order valence-electron chi connectivity index (χ0n) is 13.8. The summed E-state index contributed by atoms with van der Waals surface area (Å²) in [5.74, 6) is 1.68. The summed E-state index contributed by atoms with van der Waals surface area (Å²) in [7, 11) is 1.97. The number of rotatable bonds is 4. The summed E-state index contributed by atoms with van der Waals surface area (Å²) >= 11 is 0. The largest absolute Gasteiger partial charge is 0.726 e. The van der Waals surface area contributed by atoms with Crippen molar-refractivity contribution in [3.8, 4) is 11.5 Å². The predicted octanol–water partition coefficient (Wildman–Crippen LogP) is 0.764. The first-order chi connectivity index (χ1) is 10.7. The standard InChI is InChI=1S/C13H20NO3.CH4O4S/c1-14(4-6-17-7-5-14)11-8-12(15-2)10-13(9-11)16-3;1-5-6(2,3)4/h8-10H,4-7H2,1-3H3;1H3,(H,2,3,4)/q+1;/p-1. The minimum absolute atomic E-state index is 0.802. The van der Waals surface area contributed by atoms with E-state index in [1.165, 1.54) is 5.69 Å². The van der Waals surface area contributed by atoms with Crippen LogP contribution in [0, 0.1) is 0 Å². The maximum Gasteiger partial charge on any atom is 0.217 e. The zero-order valence-corrected chi connectivity index (χ0v) is 14.6. The van der Waals surface area contributed by atoms with Crippen LogP contribution in [0.15, 0.2) is 18.2 Å². The first-order valence-electron chi connectivity index (χ1n) is 6.91. The second-order valence-electron chi connectivity index (χ2n) is 5.10. The summed E-state index contributed by atoms with van der Waals surface area (Å²) in [5, 5.41) is 0. The summed E-state index contributed by atoms with van der Waals surface area (Å²) in [5.41, 5.74) is 1.21. The number of hydrogen-bond acceptors (Lipinski definition) is 7. The molecule has 132 valence electrons. The van der Waals surface area contributed by atoms with Crippen LogP contribution in [0.5, 0.6) is 11.5 Å². The fraction of sp³-hybridized carbons (Fsp3) is 0.571. The molecule has 0 amide bonds. The van der Waals surface area contributed by atoms with Crippen molar-refractivity contribution >= 4 is 16.1 Å². The Kier molecular flexibility index (Phi) is 7.23. The Labute approximate surface area is 137 Å². The van der Waals surface area contributed by atoms with E-state index in [1.807, 2.05) is 6.07 Å². The van der Waals surface area contributed by atoms with Gasteiger partial charge < -0.3 is 18.8 Å². The SMILES string of the molecule is COS(=O)(=O)[O-].COc1cc(OC)cc([N+]2(C)CCOCC2)c1. The van der Waals surface area contributed by atoms with Gasteiger partial charge in [-0.3, -0.25) is 8.67 Å². The number of hydrogen-bond donors (Lipinski definition) is 0. The van der Waals surface area contributed by atoms with E-state index < -0.39 is 10.4 Å². The van der Waals surface area contributed by atoms with Gasteiger partial charge in [0.05, 0.1) is 41.6 Å². The highest BCUT2D eigenvalue weighted by Crippen LogP contribution is 2.32. The fourth-order valence-electron chi connectivity index (χ4n) is 2.11. The van der Waals surface area contributed by atoms with Gasteiger partial charge in [0, 0.05) is 18.2 Å². The molecule has 1 saturated heterocycles. The first-order valence-corrected chi connectivity index (χ1v) is 8.25. The number of benzene rings is 1. The lowest BCUT2D eigenvalue weighted by molar-refractivity contribution is 0.0525. The summed E-state index contributed by atoms with van der Waals surface area (Å²) in [6, 6.07) is 6.05. The number of quaternary nitrogens is 1. The molecule has 0 atom stereocenters. The molecule has 2 rings (SSSR count). The van der Waals surface area contributed by atoms with Gasteiger partial charge in [0.1, 0.15) is 30.3 Å². The molecule has 23 heavy (non-hydrogen) atoms. The van der Waals surface area contributed by atoms with E-state index in [4.69, 9.17) is 14.2 Å². The van der Waals surface area contributed by atoms with Gasteiger partial charge in [-0.25, -0.2) is 8.42 Å². The average Bonchev–Trinajstić information content (AvgIpc) is 2.55. The summed E-state index contributed by atoms with van der Waals surface area (Å²) in [6.45, 7) is 3.57. The van der Waals surface area contributed by atoms with Crippen molar-refractivity contribution in [1.82, 2.24) is 4.48 Å². The number of morpholine rings is 1. The van der Waals surface area contributed by atoms with Crippen LogP contribution in [0.1, 0.15) is 0 Å². The second-order valence-corrected chi connectivity index (χ2v) is 6.25. The van der Waals surface area contributed by atoms with Crippen LogP contribution in [0.25, 0.3) is 0 Å². The first kappa shape index (κ1) is 19.7. The lowest BCUT2D eigenvalue weighted by Crippen LogP contribution is -2.53. The van der Waals surface area contributed by atoms with E-state index in [0.29, 0.717) is 0 Å². The van der Waals surface area contributed by atoms with Gasteiger partial charge >= 0.3 is 0 Å². The molecule has 1 aliphatic heterocycles. The van der Waals surface area contributed by atoms with Crippen LogP contribution in [-0.4, -0.2) is 67.7 Å². The van der Waals surface area contributed by atoms with E-state index in [0.717, 1.165) is 49.4 Å². The van der Waals surface area contributed by atoms with Crippen molar-refractivity contribution in [3.05, 3.63) is 18.2 Å². The minimum atomic E-state index is -4.41. The third kappa shape index (κ3) is 6.32. The molecule has 1 fully saturated rings. The third-order valence-corrected chi connectivity index (χ3v) is 4.03. The maximum atomic E-state index is 9.22. The van der Waals surface area contributed by atoms with Gasteiger partial charge in [0.2, 0.25) is 10.4 Å². The van der Waals surface area contributed by atoms with Crippen LogP contribution in [0.2, 0.25) is 0 Å². The van der Waals surface area contributed by atoms with Crippen LogP contribution in [-0.2, 0) is 19.3 Å². The van der Waals surface area contributed by atoms with Crippen LogP contribution >= 0.6 is 0 Å². The Morgan fingerprint density at radius 1 is 1.04 bits per heavy atom. The van der Waals surface area contributed by atoms with E-state index in [-0.39, 0.29) is 0 Å². The van der Waals surface area contributed by atoms with Crippen LogP contribution in [0.4, 0.5) is 5.69 Å². The molecule has 0 unspecified atom stereocenters. The van der Waals surface area contributed by atoms with Gasteiger partial charge in [-0.1, -0.05) is 0 Å². The Morgan fingerprint density at radius 2 is 1.48 bits per heavy atom. The summed E-state index contributed by atoms with van der Waals surface area (Å²) < 4.78 is 47.9. The Bertz CT molecular complexity index is 575. The molecular formula is C14H23NO7S. The lowest BCUT2D eigenvalue weighted by Gasteiger charge is -2.37. The fourth-order valence-corrected chi connectivity index (χ4v) is 2.11. The lowest BCUT2D eigenvalue weighted by atomic mass is 10.2. The number of ether oxygens (including phenoxy) is 3. The molecule has 1 aromatic carbocycles. The predicted molar refractivity (Wildman–Crippen MR) is 84.5 cm³/mol. The van der Waals surface area contributed by atoms with Crippen molar-refractivity contribution in [2.45, 2.75) is 0 Å². The molecule has 0 aromatic heterocycles. The van der Waals surface area contributed by atoms with E-state index in [2.05, 4.69) is 23.4 Å². The Morgan fingerprint density at radius 3 is 1.83 bits per heavy atom. The Balaban J connectivity index is 0.000000379. The number of methoxy groups -OCH3 is 2. The molecule has 9 heteroatoms. The topological polar surface area (TPSA) is 94.1 Å². The van der Waals surface area contributed by atoms with E-state index in [1.54, 1.807) is 14.2 Å². The maximum absolute atomic E-state index is 9.22. The summed E-state index contributed by atoms with van der Waals surface area (Å²) in [6.07, 6.45) is 0. The molecule has 0 bridgehead atoms. The molecule has 1 aliphatic rings. The highest BCUT2D eigenvalue weighted by atomic mass is 32.3. The molecule has 0 aliphatic carbocycles. The molecule has 0 spiro atoms. The van der Waals surface area contributed by atoms with Gasteiger partial charge in [0.25, 0.3) is 0 Å². The smallest absolute Gasteiger partial charge is 0.217 e. The number of likely N-dealkylation sites (N-methyl/N-ethyl adjacent to an activating group) is 1. The summed E-state index contributed by atoms with van der Waals surface area (Å²) in [4.78, 5) is 0. The number of nitrogens with zero attached hydrogens (tertiary/aromatic N) is 1. The molecule has 1 aromatic rings. The highest BCUT2D eigenvalue weighted by Gasteiger charge is 2.29. The van der Waals surface area contributed by atoms with E-state index in [9.17, 15) is 13.0 Å². The van der Waals surface area contributed by atoms with Gasteiger partial charge in [0.15, 0.2) is 0 Å².